The number of hydrogen-bond donors (Lipinski definition) is 2. The molecule has 1 atom stereocenters. The molecule has 1 aliphatic rings. The van der Waals surface area contributed by atoms with Crippen LogP contribution in [0.3, 0.4) is 0 Å². The third kappa shape index (κ3) is 4.02. The minimum absolute atomic E-state index is 0.133. The maximum atomic E-state index is 12.1. The van der Waals surface area contributed by atoms with Gasteiger partial charge in [0.1, 0.15) is 0 Å². The number of likely N-dealkylation sites (N-methyl/N-ethyl adjacent to an activating group) is 1. The average Bonchev–Trinajstić information content (AvgIpc) is 2.63. The second kappa shape index (κ2) is 7.78. The first kappa shape index (κ1) is 16.3. The van der Waals surface area contributed by atoms with Crippen LogP contribution in [-0.4, -0.2) is 57.4 Å². The van der Waals surface area contributed by atoms with Crippen molar-refractivity contribution >= 4 is 17.7 Å². The van der Waals surface area contributed by atoms with E-state index in [0.29, 0.717) is 24.9 Å². The van der Waals surface area contributed by atoms with Gasteiger partial charge in [0.25, 0.3) is 0 Å². The highest BCUT2D eigenvalue weighted by Gasteiger charge is 2.25. The first-order valence-electron chi connectivity index (χ1n) is 8.04. The van der Waals surface area contributed by atoms with Gasteiger partial charge in [0, 0.05) is 37.6 Å². The van der Waals surface area contributed by atoms with Gasteiger partial charge in [0.15, 0.2) is 5.82 Å². The summed E-state index contributed by atoms with van der Waals surface area (Å²) in [5.41, 5.74) is 0.943. The van der Waals surface area contributed by atoms with Gasteiger partial charge in [0.2, 0.25) is 11.9 Å². The quantitative estimate of drug-likeness (QED) is 0.843. The molecule has 8 heteroatoms. The Kier molecular flexibility index (Phi) is 5.27. The molecule has 1 saturated heterocycles. The molecule has 0 aromatic carbocycles. The van der Waals surface area contributed by atoms with E-state index in [1.165, 1.54) is 0 Å². The Morgan fingerprint density at radius 1 is 1.33 bits per heavy atom. The molecule has 8 nitrogen and oxygen atoms in total. The van der Waals surface area contributed by atoms with Crippen molar-refractivity contribution in [3.05, 3.63) is 36.5 Å². The minimum Gasteiger partial charge on any atom is -0.341 e. The molecule has 0 bridgehead atoms. The molecule has 0 spiro atoms. The Bertz CT molecular complexity index is 679. The van der Waals surface area contributed by atoms with Crippen molar-refractivity contribution in [3.63, 3.8) is 0 Å². The maximum absolute atomic E-state index is 12.1. The zero-order valence-corrected chi connectivity index (χ0v) is 13.6. The van der Waals surface area contributed by atoms with E-state index < -0.39 is 0 Å². The van der Waals surface area contributed by atoms with Gasteiger partial charge in [-0.2, -0.15) is 0 Å². The molecule has 24 heavy (non-hydrogen) atoms. The monoisotopic (exact) mass is 327 g/mol. The number of carbonyl (C=O) groups excluding carboxylic acids is 1. The van der Waals surface area contributed by atoms with E-state index in [9.17, 15) is 4.79 Å². The molecule has 1 amide bonds. The molecule has 2 N–H and O–H groups in total. The van der Waals surface area contributed by atoms with Crippen LogP contribution in [-0.2, 0) is 4.79 Å². The summed E-state index contributed by atoms with van der Waals surface area (Å²) in [6, 6.07) is 1.92. The fraction of sp³-hybridized carbons (Fsp3) is 0.438. The Hall–Kier alpha value is -2.61. The zero-order valence-electron chi connectivity index (χ0n) is 13.6. The Morgan fingerprint density at radius 3 is 3.04 bits per heavy atom. The topological polar surface area (TPSA) is 95.9 Å². The summed E-state index contributed by atoms with van der Waals surface area (Å²) < 4.78 is 0. The summed E-state index contributed by atoms with van der Waals surface area (Å²) in [7, 11) is 1.79. The normalized spacial score (nSPS) is 17.5. The van der Waals surface area contributed by atoms with Gasteiger partial charge in [-0.15, -0.1) is 0 Å². The van der Waals surface area contributed by atoms with Gasteiger partial charge in [-0.25, -0.2) is 15.0 Å². The number of aromatic nitrogens is 4. The van der Waals surface area contributed by atoms with Gasteiger partial charge < -0.3 is 15.5 Å². The SMILES string of the molecule is CNCC(=O)N1CCC[C@@H](c2ccnc(Nc3cnccn3)n2)C1. The molecule has 126 valence electrons. The number of carbonyl (C=O) groups is 1. The Labute approximate surface area is 140 Å². The first-order valence-corrected chi connectivity index (χ1v) is 8.04. The highest BCUT2D eigenvalue weighted by atomic mass is 16.2. The first-order chi connectivity index (χ1) is 11.8. The zero-order chi connectivity index (χ0) is 16.8. The van der Waals surface area contributed by atoms with Crippen LogP contribution in [0.1, 0.15) is 24.5 Å². The van der Waals surface area contributed by atoms with Crippen LogP contribution in [0.2, 0.25) is 0 Å². The smallest absolute Gasteiger partial charge is 0.236 e. The van der Waals surface area contributed by atoms with E-state index in [2.05, 4.69) is 30.6 Å². The molecule has 0 saturated carbocycles. The fourth-order valence-electron chi connectivity index (χ4n) is 2.85. The third-order valence-corrected chi connectivity index (χ3v) is 4.00. The summed E-state index contributed by atoms with van der Waals surface area (Å²) in [6.45, 7) is 1.88. The van der Waals surface area contributed by atoms with Crippen molar-refractivity contribution in [2.24, 2.45) is 0 Å². The predicted octanol–water partition coefficient (Wildman–Crippen LogP) is 0.936. The molecule has 2 aromatic heterocycles. The minimum atomic E-state index is 0.133. The number of rotatable bonds is 5. The van der Waals surface area contributed by atoms with Crippen LogP contribution in [0.25, 0.3) is 0 Å². The lowest BCUT2D eigenvalue weighted by atomic mass is 9.94. The van der Waals surface area contributed by atoms with E-state index in [1.807, 2.05) is 11.0 Å². The van der Waals surface area contributed by atoms with Crippen LogP contribution in [0.4, 0.5) is 11.8 Å². The molecular weight excluding hydrogens is 306 g/mol. The van der Waals surface area contributed by atoms with Crippen LogP contribution in [0.5, 0.6) is 0 Å². The lowest BCUT2D eigenvalue weighted by Gasteiger charge is -2.32. The van der Waals surface area contributed by atoms with Gasteiger partial charge in [-0.05, 0) is 26.0 Å². The van der Waals surface area contributed by atoms with Gasteiger partial charge in [0.05, 0.1) is 18.4 Å². The van der Waals surface area contributed by atoms with Gasteiger partial charge >= 0.3 is 0 Å². The molecular formula is C16H21N7O. The molecule has 2 aromatic rings. The highest BCUT2D eigenvalue weighted by Crippen LogP contribution is 2.26. The highest BCUT2D eigenvalue weighted by molar-refractivity contribution is 5.78. The van der Waals surface area contributed by atoms with E-state index in [-0.39, 0.29) is 11.8 Å². The fourth-order valence-corrected chi connectivity index (χ4v) is 2.85. The van der Waals surface area contributed by atoms with E-state index in [1.54, 1.807) is 31.8 Å². The number of nitrogens with one attached hydrogen (secondary N) is 2. The summed E-state index contributed by atoms with van der Waals surface area (Å²) in [5, 5.41) is 5.97. The number of piperidine rings is 1. The standard InChI is InChI=1S/C16H21N7O/c1-17-10-15(24)23-8-2-3-12(11-23)13-4-5-20-16(21-13)22-14-9-18-6-7-19-14/h4-7,9,12,17H,2-3,8,10-11H2,1H3,(H,19,20,21,22)/t12-/m1/s1. The summed E-state index contributed by atoms with van der Waals surface area (Å²) >= 11 is 0. The summed E-state index contributed by atoms with van der Waals surface area (Å²) in [6.07, 6.45) is 8.58. The summed E-state index contributed by atoms with van der Waals surface area (Å²) in [4.78, 5) is 31.0. The Morgan fingerprint density at radius 2 is 2.25 bits per heavy atom. The molecule has 1 aliphatic heterocycles. The van der Waals surface area contributed by atoms with Crippen molar-refractivity contribution in [2.45, 2.75) is 18.8 Å². The van der Waals surface area contributed by atoms with Crippen LogP contribution < -0.4 is 10.6 Å². The third-order valence-electron chi connectivity index (χ3n) is 4.00. The second-order valence-electron chi connectivity index (χ2n) is 5.73. The molecule has 3 heterocycles. The molecule has 1 fully saturated rings. The number of amides is 1. The van der Waals surface area contributed by atoms with Gasteiger partial charge in [-0.3, -0.25) is 9.78 Å². The van der Waals surface area contributed by atoms with E-state index in [0.717, 1.165) is 25.1 Å². The van der Waals surface area contributed by atoms with Crippen LogP contribution in [0, 0.1) is 0 Å². The Balaban J connectivity index is 1.70. The molecule has 0 aliphatic carbocycles. The molecule has 0 unspecified atom stereocenters. The van der Waals surface area contributed by atoms with E-state index in [4.69, 9.17) is 0 Å². The average molecular weight is 327 g/mol. The number of likely N-dealkylation sites (tertiary alicyclic amines) is 1. The van der Waals surface area contributed by atoms with Crippen molar-refractivity contribution in [1.29, 1.82) is 0 Å². The van der Waals surface area contributed by atoms with Crippen molar-refractivity contribution in [2.75, 3.05) is 32.0 Å². The molecule has 3 rings (SSSR count). The molecule has 0 radical (unpaired) electrons. The summed E-state index contributed by atoms with van der Waals surface area (Å²) in [5.74, 6) is 1.45. The van der Waals surface area contributed by atoms with Crippen molar-refractivity contribution in [3.8, 4) is 0 Å². The second-order valence-corrected chi connectivity index (χ2v) is 5.73. The number of anilines is 2. The van der Waals surface area contributed by atoms with Crippen molar-refractivity contribution in [1.82, 2.24) is 30.2 Å². The predicted molar refractivity (Wildman–Crippen MR) is 89.8 cm³/mol. The maximum Gasteiger partial charge on any atom is 0.236 e. The lowest BCUT2D eigenvalue weighted by Crippen LogP contribution is -2.43. The number of hydrogen-bond acceptors (Lipinski definition) is 7. The van der Waals surface area contributed by atoms with Gasteiger partial charge in [-0.1, -0.05) is 0 Å². The van der Waals surface area contributed by atoms with Crippen LogP contribution >= 0.6 is 0 Å². The number of nitrogens with zero attached hydrogens (tertiary/aromatic N) is 5. The largest absolute Gasteiger partial charge is 0.341 e. The van der Waals surface area contributed by atoms with Crippen LogP contribution in [0.15, 0.2) is 30.9 Å². The lowest BCUT2D eigenvalue weighted by molar-refractivity contribution is -0.131. The van der Waals surface area contributed by atoms with Crippen molar-refractivity contribution < 1.29 is 4.79 Å². The van der Waals surface area contributed by atoms with E-state index >= 15 is 0 Å².